The number of para-hydroxylation sites is 1. The number of aromatic nitrogens is 1. The second-order valence-electron chi connectivity index (χ2n) is 14.2. The Morgan fingerprint density at radius 3 is 1.63 bits per heavy atom. The maximum atomic E-state index is 2.46. The van der Waals surface area contributed by atoms with Crippen molar-refractivity contribution in [1.29, 1.82) is 0 Å². The molecule has 0 radical (unpaired) electrons. The smallest absolute Gasteiger partial charge is 0.0547 e. The molecular weight excluding hydrogens is 671 g/mol. The number of benzene rings is 9. The molecule has 0 aliphatic rings. The monoisotopic (exact) mass is 703 g/mol. The van der Waals surface area contributed by atoms with E-state index in [1.807, 2.05) is 11.3 Å². The van der Waals surface area contributed by atoms with Gasteiger partial charge in [0.2, 0.25) is 0 Å². The van der Waals surface area contributed by atoms with Crippen LogP contribution in [0.4, 0.5) is 0 Å². The van der Waals surface area contributed by atoms with Gasteiger partial charge in [-0.15, -0.1) is 11.3 Å². The molecule has 0 N–H and O–H groups in total. The van der Waals surface area contributed by atoms with Gasteiger partial charge in [0.1, 0.15) is 0 Å². The van der Waals surface area contributed by atoms with Crippen LogP contribution in [-0.4, -0.2) is 4.57 Å². The predicted molar refractivity (Wildman–Crippen MR) is 233 cm³/mol. The minimum absolute atomic E-state index is 1.15. The molecule has 0 unspecified atom stereocenters. The summed E-state index contributed by atoms with van der Waals surface area (Å²) in [5.74, 6) is 0. The topological polar surface area (TPSA) is 4.93 Å². The largest absolute Gasteiger partial charge is 0.309 e. The highest BCUT2D eigenvalue weighted by Crippen LogP contribution is 2.41. The molecule has 0 bridgehead atoms. The van der Waals surface area contributed by atoms with Gasteiger partial charge in [-0.05, 0) is 110 Å². The van der Waals surface area contributed by atoms with Crippen molar-refractivity contribution in [2.75, 3.05) is 0 Å². The van der Waals surface area contributed by atoms with E-state index in [1.165, 1.54) is 97.3 Å². The van der Waals surface area contributed by atoms with E-state index in [1.54, 1.807) is 0 Å². The number of hydrogen-bond acceptors (Lipinski definition) is 1. The lowest BCUT2D eigenvalue weighted by Crippen LogP contribution is -1.96. The zero-order chi connectivity index (χ0) is 35.6. The third-order valence-electron chi connectivity index (χ3n) is 11.0. The Morgan fingerprint density at radius 2 is 0.852 bits per heavy atom. The molecule has 0 atom stereocenters. The minimum atomic E-state index is 1.15. The summed E-state index contributed by atoms with van der Waals surface area (Å²) in [6, 6.07) is 73.6. The molecule has 0 amide bonds. The first-order chi connectivity index (χ1) is 26.7. The second-order valence-corrected chi connectivity index (χ2v) is 15.3. The Bertz CT molecular complexity index is 3150. The van der Waals surface area contributed by atoms with Gasteiger partial charge in [0, 0.05) is 36.6 Å². The number of nitrogens with zero attached hydrogens (tertiary/aromatic N) is 1. The summed E-state index contributed by atoms with van der Waals surface area (Å²) in [6.07, 6.45) is 0. The molecule has 0 fully saturated rings. The fraction of sp³-hybridized carbons (Fsp3) is 0. The molecule has 2 heteroatoms. The van der Waals surface area contributed by atoms with Gasteiger partial charge in [-0.25, -0.2) is 0 Å². The lowest BCUT2D eigenvalue weighted by molar-refractivity contribution is 1.18. The highest BCUT2D eigenvalue weighted by Gasteiger charge is 2.16. The van der Waals surface area contributed by atoms with E-state index in [9.17, 15) is 0 Å². The van der Waals surface area contributed by atoms with Crippen LogP contribution in [0.15, 0.2) is 200 Å². The molecule has 0 spiro atoms. The van der Waals surface area contributed by atoms with Gasteiger partial charge in [-0.2, -0.15) is 0 Å². The van der Waals surface area contributed by atoms with Gasteiger partial charge in [-0.1, -0.05) is 146 Å². The van der Waals surface area contributed by atoms with Crippen molar-refractivity contribution in [2.24, 2.45) is 0 Å². The summed E-state index contributed by atoms with van der Waals surface area (Å²) in [6.45, 7) is 0. The maximum Gasteiger partial charge on any atom is 0.0547 e. The fourth-order valence-electron chi connectivity index (χ4n) is 8.27. The Kier molecular flexibility index (Phi) is 7.11. The Balaban J connectivity index is 1.06. The van der Waals surface area contributed by atoms with Crippen LogP contribution in [0, 0.1) is 0 Å². The maximum absolute atomic E-state index is 2.46. The Hall–Kier alpha value is -6.74. The van der Waals surface area contributed by atoms with Gasteiger partial charge < -0.3 is 4.57 Å². The molecule has 11 rings (SSSR count). The summed E-state index contributed by atoms with van der Waals surface area (Å²) in [5.41, 5.74) is 13.3. The van der Waals surface area contributed by atoms with Crippen LogP contribution in [0.25, 0.3) is 103 Å². The Labute approximate surface area is 317 Å². The van der Waals surface area contributed by atoms with Gasteiger partial charge in [0.25, 0.3) is 0 Å². The summed E-state index contributed by atoms with van der Waals surface area (Å²) < 4.78 is 5.08. The van der Waals surface area contributed by atoms with Crippen molar-refractivity contribution >= 4 is 64.1 Å². The van der Waals surface area contributed by atoms with Crippen LogP contribution < -0.4 is 0 Å². The SMILES string of the molecule is c1ccc(-c2cc(-c3ccccc3)cc(-n3c4ccccc4c4ccc(-c5ccc6sc7cc(-c8ccc9ccccc9c8)ccc7c6c5)cc43)c2)cc1. The molecule has 9 aromatic carbocycles. The Morgan fingerprint density at radius 1 is 0.278 bits per heavy atom. The summed E-state index contributed by atoms with van der Waals surface area (Å²) in [7, 11) is 0. The van der Waals surface area contributed by atoms with E-state index in [0.717, 1.165) is 5.69 Å². The van der Waals surface area contributed by atoms with E-state index in [4.69, 9.17) is 0 Å². The van der Waals surface area contributed by atoms with Crippen LogP contribution in [0.5, 0.6) is 0 Å². The van der Waals surface area contributed by atoms with Crippen molar-refractivity contribution in [3.8, 4) is 50.2 Å². The lowest BCUT2D eigenvalue weighted by atomic mass is 9.97. The predicted octanol–water partition coefficient (Wildman–Crippen LogP) is 15.0. The zero-order valence-electron chi connectivity index (χ0n) is 29.4. The second kappa shape index (κ2) is 12.4. The first-order valence-corrected chi connectivity index (χ1v) is 19.3. The molecular formula is C52H33NS. The molecule has 0 saturated carbocycles. The van der Waals surface area contributed by atoms with E-state index < -0.39 is 0 Å². The lowest BCUT2D eigenvalue weighted by Gasteiger charge is -2.14. The van der Waals surface area contributed by atoms with E-state index >= 15 is 0 Å². The third-order valence-corrected chi connectivity index (χ3v) is 12.1. The van der Waals surface area contributed by atoms with Crippen molar-refractivity contribution in [3.05, 3.63) is 200 Å². The molecule has 252 valence electrons. The highest BCUT2D eigenvalue weighted by atomic mass is 32.1. The number of fused-ring (bicyclic) bond motifs is 7. The number of thiophene rings is 1. The standard InChI is InChI=1S/C52H33NS/c1-3-11-34(12-4-1)42-28-43(35-13-5-2-6-14-35)30-44(29-42)53-49-18-10-9-17-45(49)46-24-21-40(32-50(46)53)39-23-26-51-48(31-39)47-25-22-41(33-52(47)54-51)38-20-19-36-15-7-8-16-37(36)27-38/h1-33H. The number of rotatable bonds is 5. The average molecular weight is 704 g/mol. The fourth-order valence-corrected chi connectivity index (χ4v) is 9.39. The summed E-state index contributed by atoms with van der Waals surface area (Å²) >= 11 is 1.88. The zero-order valence-corrected chi connectivity index (χ0v) is 30.2. The van der Waals surface area contributed by atoms with Crippen LogP contribution >= 0.6 is 11.3 Å². The molecule has 11 aromatic rings. The summed E-state index contributed by atoms with van der Waals surface area (Å²) in [4.78, 5) is 0. The molecule has 2 heterocycles. The van der Waals surface area contributed by atoms with Crippen LogP contribution in [0.1, 0.15) is 0 Å². The van der Waals surface area contributed by atoms with Gasteiger partial charge in [0.15, 0.2) is 0 Å². The van der Waals surface area contributed by atoms with Crippen LogP contribution in [0.2, 0.25) is 0 Å². The first-order valence-electron chi connectivity index (χ1n) is 18.5. The van der Waals surface area contributed by atoms with Crippen molar-refractivity contribution in [1.82, 2.24) is 4.57 Å². The molecule has 54 heavy (non-hydrogen) atoms. The van der Waals surface area contributed by atoms with Gasteiger partial charge >= 0.3 is 0 Å². The van der Waals surface area contributed by atoms with E-state index in [0.29, 0.717) is 0 Å². The van der Waals surface area contributed by atoms with Crippen LogP contribution in [-0.2, 0) is 0 Å². The van der Waals surface area contributed by atoms with Crippen LogP contribution in [0.3, 0.4) is 0 Å². The number of hydrogen-bond donors (Lipinski definition) is 0. The van der Waals surface area contributed by atoms with Crippen molar-refractivity contribution in [3.63, 3.8) is 0 Å². The van der Waals surface area contributed by atoms with Gasteiger partial charge in [-0.3, -0.25) is 0 Å². The molecule has 0 aliphatic carbocycles. The van der Waals surface area contributed by atoms with Crippen molar-refractivity contribution in [2.45, 2.75) is 0 Å². The summed E-state index contributed by atoms with van der Waals surface area (Å²) in [5, 5.41) is 7.67. The van der Waals surface area contributed by atoms with E-state index in [2.05, 4.69) is 205 Å². The molecule has 0 saturated heterocycles. The first kappa shape index (κ1) is 30.8. The molecule has 0 aliphatic heterocycles. The third kappa shape index (κ3) is 5.15. The quantitative estimate of drug-likeness (QED) is 0.168. The highest BCUT2D eigenvalue weighted by molar-refractivity contribution is 7.25. The van der Waals surface area contributed by atoms with E-state index in [-0.39, 0.29) is 0 Å². The average Bonchev–Trinajstić information content (AvgIpc) is 3.78. The van der Waals surface area contributed by atoms with Gasteiger partial charge in [0.05, 0.1) is 11.0 Å². The van der Waals surface area contributed by atoms with Crippen molar-refractivity contribution < 1.29 is 0 Å². The normalized spacial score (nSPS) is 11.7. The minimum Gasteiger partial charge on any atom is -0.309 e. The molecule has 2 aromatic heterocycles. The molecule has 1 nitrogen and oxygen atoms in total.